The molecule has 0 aliphatic carbocycles. The molecule has 0 spiro atoms. The molecule has 1 atom stereocenters. The third-order valence-corrected chi connectivity index (χ3v) is 3.58. The monoisotopic (exact) mass is 231 g/mol. The number of carbonyl (C=O) groups excluding carboxylic acids is 1. The molecule has 1 aromatic rings. The number of thioether (sulfide) groups is 1. The average molecular weight is 232 g/mol. The van der Waals surface area contributed by atoms with Gasteiger partial charge in [0.1, 0.15) is 0 Å². The highest BCUT2D eigenvalue weighted by Crippen LogP contribution is 2.20. The molecule has 1 aromatic heterocycles. The minimum Gasteiger partial charge on any atom is -0.452 e. The van der Waals surface area contributed by atoms with Crippen molar-refractivity contribution in [2.45, 2.75) is 12.5 Å². The molecule has 0 saturated carbocycles. The molecular weight excluding hydrogens is 222 g/mol. The lowest BCUT2D eigenvalue weighted by atomic mass is 10.2. The molecular formula is C9H10ClNO2S. The van der Waals surface area contributed by atoms with Gasteiger partial charge in [-0.25, -0.2) is 0 Å². The summed E-state index contributed by atoms with van der Waals surface area (Å²) < 4.78 is 4.85. The van der Waals surface area contributed by atoms with E-state index in [1.54, 1.807) is 6.07 Å². The average Bonchev–Trinajstić information content (AvgIpc) is 2.75. The summed E-state index contributed by atoms with van der Waals surface area (Å²) in [6, 6.07) is 1.86. The molecule has 0 bridgehead atoms. The highest BCUT2D eigenvalue weighted by Gasteiger charge is 2.20. The van der Waals surface area contributed by atoms with Crippen molar-refractivity contribution in [3.63, 3.8) is 0 Å². The van der Waals surface area contributed by atoms with Crippen molar-refractivity contribution >= 4 is 29.3 Å². The maximum absolute atomic E-state index is 11.6. The van der Waals surface area contributed by atoms with Crippen molar-refractivity contribution < 1.29 is 9.21 Å². The van der Waals surface area contributed by atoms with E-state index in [1.165, 1.54) is 6.26 Å². The van der Waals surface area contributed by atoms with Gasteiger partial charge in [0, 0.05) is 11.8 Å². The zero-order chi connectivity index (χ0) is 9.97. The summed E-state index contributed by atoms with van der Waals surface area (Å²) in [4.78, 5) is 11.6. The van der Waals surface area contributed by atoms with Crippen LogP contribution >= 0.6 is 23.4 Å². The molecule has 2 rings (SSSR count). The van der Waals surface area contributed by atoms with Crippen LogP contribution in [0.15, 0.2) is 16.7 Å². The fourth-order valence-corrected chi connectivity index (χ4v) is 2.72. The summed E-state index contributed by atoms with van der Waals surface area (Å²) >= 11 is 7.54. The summed E-state index contributed by atoms with van der Waals surface area (Å²) in [6.07, 6.45) is 2.45. The lowest BCUT2D eigenvalue weighted by Crippen LogP contribution is -2.34. The molecule has 1 amide bonds. The molecule has 2 heterocycles. The molecule has 14 heavy (non-hydrogen) atoms. The Labute approximate surface area is 91.2 Å². The number of furan rings is 1. The van der Waals surface area contributed by atoms with E-state index in [0.717, 1.165) is 17.9 Å². The third-order valence-electron chi connectivity index (χ3n) is 2.13. The second-order valence-electron chi connectivity index (χ2n) is 3.14. The van der Waals surface area contributed by atoms with Gasteiger partial charge in [-0.05, 0) is 29.8 Å². The maximum atomic E-state index is 11.6. The Hall–Kier alpha value is -0.610. The number of hydrogen-bond donors (Lipinski definition) is 1. The minimum absolute atomic E-state index is 0.142. The lowest BCUT2D eigenvalue weighted by molar-refractivity contribution is 0.0940. The molecule has 5 heteroatoms. The van der Waals surface area contributed by atoms with Gasteiger partial charge in [-0.15, -0.1) is 0 Å². The number of amides is 1. The summed E-state index contributed by atoms with van der Waals surface area (Å²) in [5.74, 6) is 1.96. The van der Waals surface area contributed by atoms with Gasteiger partial charge in [-0.3, -0.25) is 4.79 Å². The molecule has 1 aliphatic rings. The van der Waals surface area contributed by atoms with Crippen LogP contribution in [0.5, 0.6) is 0 Å². The molecule has 1 unspecified atom stereocenters. The predicted octanol–water partition coefficient (Wildman–Crippen LogP) is 2.17. The van der Waals surface area contributed by atoms with Crippen LogP contribution in [-0.2, 0) is 0 Å². The van der Waals surface area contributed by atoms with Gasteiger partial charge in [0.05, 0.1) is 11.8 Å². The first-order chi connectivity index (χ1) is 6.77. The van der Waals surface area contributed by atoms with E-state index in [1.807, 2.05) is 11.8 Å². The van der Waals surface area contributed by atoms with Gasteiger partial charge in [0.2, 0.25) is 5.22 Å². The van der Waals surface area contributed by atoms with E-state index in [4.69, 9.17) is 16.0 Å². The Morgan fingerprint density at radius 2 is 2.57 bits per heavy atom. The van der Waals surface area contributed by atoms with Gasteiger partial charge in [0.15, 0.2) is 0 Å². The topological polar surface area (TPSA) is 42.2 Å². The van der Waals surface area contributed by atoms with Crippen LogP contribution < -0.4 is 5.32 Å². The standard InChI is InChI=1S/C9H10ClNO2S/c10-8-7(1-3-13-8)9(12)11-6-2-4-14-5-6/h1,3,6H,2,4-5H2,(H,11,12). The van der Waals surface area contributed by atoms with Crippen molar-refractivity contribution in [2.75, 3.05) is 11.5 Å². The maximum Gasteiger partial charge on any atom is 0.256 e. The number of halogens is 1. The van der Waals surface area contributed by atoms with Crippen molar-refractivity contribution in [3.8, 4) is 0 Å². The van der Waals surface area contributed by atoms with Gasteiger partial charge >= 0.3 is 0 Å². The SMILES string of the molecule is O=C(NC1CCSC1)c1ccoc1Cl. The number of carbonyl (C=O) groups is 1. The summed E-state index contributed by atoms with van der Waals surface area (Å²) in [5, 5.41) is 3.08. The van der Waals surface area contributed by atoms with E-state index in [-0.39, 0.29) is 17.2 Å². The van der Waals surface area contributed by atoms with Gasteiger partial charge in [0.25, 0.3) is 5.91 Å². The fourth-order valence-electron chi connectivity index (χ4n) is 1.37. The lowest BCUT2D eigenvalue weighted by Gasteiger charge is -2.09. The minimum atomic E-state index is -0.142. The number of nitrogens with one attached hydrogen (secondary N) is 1. The van der Waals surface area contributed by atoms with Crippen LogP contribution in [-0.4, -0.2) is 23.5 Å². The number of hydrogen-bond acceptors (Lipinski definition) is 3. The quantitative estimate of drug-likeness (QED) is 0.848. The first-order valence-electron chi connectivity index (χ1n) is 4.39. The first-order valence-corrected chi connectivity index (χ1v) is 5.92. The second kappa shape index (κ2) is 4.28. The summed E-state index contributed by atoms with van der Waals surface area (Å²) in [7, 11) is 0. The predicted molar refractivity (Wildman–Crippen MR) is 56.9 cm³/mol. The van der Waals surface area contributed by atoms with E-state index in [2.05, 4.69) is 5.32 Å². The first kappa shape index (κ1) is 9.93. The molecule has 1 N–H and O–H groups in total. The summed E-state index contributed by atoms with van der Waals surface area (Å²) in [5.41, 5.74) is 0.420. The summed E-state index contributed by atoms with van der Waals surface area (Å²) in [6.45, 7) is 0. The van der Waals surface area contributed by atoms with Crippen molar-refractivity contribution in [3.05, 3.63) is 23.1 Å². The Balaban J connectivity index is 1.98. The van der Waals surface area contributed by atoms with Crippen molar-refractivity contribution in [1.82, 2.24) is 5.32 Å². The highest BCUT2D eigenvalue weighted by molar-refractivity contribution is 7.99. The molecule has 0 radical (unpaired) electrons. The van der Waals surface area contributed by atoms with Crippen LogP contribution in [0.25, 0.3) is 0 Å². The fraction of sp³-hybridized carbons (Fsp3) is 0.444. The van der Waals surface area contributed by atoms with Crippen molar-refractivity contribution in [2.24, 2.45) is 0 Å². The van der Waals surface area contributed by atoms with Gasteiger partial charge < -0.3 is 9.73 Å². The molecule has 76 valence electrons. The normalized spacial score (nSPS) is 21.1. The highest BCUT2D eigenvalue weighted by atomic mass is 35.5. The second-order valence-corrected chi connectivity index (χ2v) is 4.64. The van der Waals surface area contributed by atoms with Crippen LogP contribution in [0.1, 0.15) is 16.8 Å². The third kappa shape index (κ3) is 2.07. The molecule has 3 nitrogen and oxygen atoms in total. The van der Waals surface area contributed by atoms with Crippen molar-refractivity contribution in [1.29, 1.82) is 0 Å². The molecule has 0 aromatic carbocycles. The van der Waals surface area contributed by atoms with Crippen LogP contribution in [0, 0.1) is 0 Å². The zero-order valence-corrected chi connectivity index (χ0v) is 9.03. The largest absolute Gasteiger partial charge is 0.452 e. The molecule has 1 fully saturated rings. The van der Waals surface area contributed by atoms with E-state index in [0.29, 0.717) is 5.56 Å². The van der Waals surface area contributed by atoms with Crippen LogP contribution in [0.3, 0.4) is 0 Å². The Bertz CT molecular complexity index is 333. The number of rotatable bonds is 2. The molecule has 1 aliphatic heterocycles. The van der Waals surface area contributed by atoms with Gasteiger partial charge in [-0.1, -0.05) is 0 Å². The zero-order valence-electron chi connectivity index (χ0n) is 7.46. The smallest absolute Gasteiger partial charge is 0.256 e. The Kier molecular flexibility index (Phi) is 3.03. The van der Waals surface area contributed by atoms with Crippen LogP contribution in [0.2, 0.25) is 5.22 Å². The Morgan fingerprint density at radius 1 is 1.71 bits per heavy atom. The van der Waals surface area contributed by atoms with Crippen LogP contribution in [0.4, 0.5) is 0 Å². The van der Waals surface area contributed by atoms with E-state index < -0.39 is 0 Å². The van der Waals surface area contributed by atoms with E-state index in [9.17, 15) is 4.79 Å². The van der Waals surface area contributed by atoms with Gasteiger partial charge in [-0.2, -0.15) is 11.8 Å². The Morgan fingerprint density at radius 3 is 3.14 bits per heavy atom. The molecule has 1 saturated heterocycles. The van der Waals surface area contributed by atoms with E-state index >= 15 is 0 Å².